The van der Waals surface area contributed by atoms with E-state index in [0.29, 0.717) is 17.5 Å². The van der Waals surface area contributed by atoms with E-state index >= 15 is 0 Å². The van der Waals surface area contributed by atoms with Crippen molar-refractivity contribution in [1.29, 1.82) is 0 Å². The molecule has 1 saturated carbocycles. The average Bonchev–Trinajstić information content (AvgIpc) is 2.61. The highest BCUT2D eigenvalue weighted by Crippen LogP contribution is 2.25. The number of aromatic nitrogens is 2. The van der Waals surface area contributed by atoms with Gasteiger partial charge in [-0.25, -0.2) is 14.4 Å². The summed E-state index contributed by atoms with van der Waals surface area (Å²) >= 11 is 0. The summed E-state index contributed by atoms with van der Waals surface area (Å²) in [6.07, 6.45) is 6.69. The van der Waals surface area contributed by atoms with E-state index in [1.807, 2.05) is 4.90 Å². The Morgan fingerprint density at radius 1 is 1.12 bits per heavy atom. The Bertz CT molecular complexity index is 771. The zero-order chi connectivity index (χ0) is 17.9. The molecule has 0 spiro atoms. The predicted molar refractivity (Wildman–Crippen MR) is 93.6 cm³/mol. The minimum absolute atomic E-state index is 0.108. The molecule has 0 N–H and O–H groups in total. The van der Waals surface area contributed by atoms with Crippen molar-refractivity contribution in [1.82, 2.24) is 19.8 Å². The zero-order valence-electron chi connectivity index (χ0n) is 14.5. The van der Waals surface area contributed by atoms with Crippen LogP contribution in [-0.4, -0.2) is 57.9 Å². The van der Waals surface area contributed by atoms with Gasteiger partial charge < -0.3 is 9.64 Å². The van der Waals surface area contributed by atoms with Crippen LogP contribution in [0.15, 0.2) is 36.7 Å². The third-order valence-corrected chi connectivity index (χ3v) is 5.06. The number of carbonyl (C=O) groups is 1. The summed E-state index contributed by atoms with van der Waals surface area (Å²) < 4.78 is 18.6. The van der Waals surface area contributed by atoms with E-state index in [9.17, 15) is 9.18 Å². The third-order valence-electron chi connectivity index (χ3n) is 5.06. The Labute approximate surface area is 151 Å². The van der Waals surface area contributed by atoms with Gasteiger partial charge in [0.2, 0.25) is 5.88 Å². The summed E-state index contributed by atoms with van der Waals surface area (Å²) in [6, 6.07) is 6.50. The number of halogens is 1. The molecule has 2 heterocycles. The maximum absolute atomic E-state index is 13.2. The van der Waals surface area contributed by atoms with E-state index in [4.69, 9.17) is 4.74 Å². The molecule has 0 atom stereocenters. The number of hydrogen-bond acceptors (Lipinski definition) is 5. The Kier molecular flexibility index (Phi) is 4.79. The SMILES string of the molecule is O=C(c1cnc(Oc2cccc(F)c2)cn1)N1CCN(C2CCC2)CC1. The van der Waals surface area contributed by atoms with Crippen LogP contribution < -0.4 is 4.74 Å². The highest BCUT2D eigenvalue weighted by Gasteiger charge is 2.30. The van der Waals surface area contributed by atoms with Crippen LogP contribution in [0.2, 0.25) is 0 Å². The number of hydrogen-bond donors (Lipinski definition) is 0. The van der Waals surface area contributed by atoms with Gasteiger partial charge in [-0.05, 0) is 25.0 Å². The van der Waals surface area contributed by atoms with Gasteiger partial charge in [0.25, 0.3) is 5.91 Å². The van der Waals surface area contributed by atoms with Gasteiger partial charge in [0.05, 0.1) is 12.4 Å². The smallest absolute Gasteiger partial charge is 0.274 e. The Morgan fingerprint density at radius 3 is 2.54 bits per heavy atom. The second-order valence-corrected chi connectivity index (χ2v) is 6.71. The van der Waals surface area contributed by atoms with E-state index in [-0.39, 0.29) is 17.6 Å². The molecule has 0 bridgehead atoms. The number of piperazine rings is 1. The van der Waals surface area contributed by atoms with Crippen LogP contribution in [0.4, 0.5) is 4.39 Å². The summed E-state index contributed by atoms with van der Waals surface area (Å²) in [5, 5.41) is 0. The molecule has 1 amide bonds. The van der Waals surface area contributed by atoms with Crippen LogP contribution in [0, 0.1) is 5.82 Å². The van der Waals surface area contributed by atoms with E-state index in [2.05, 4.69) is 14.9 Å². The van der Waals surface area contributed by atoms with Crippen LogP contribution in [0.5, 0.6) is 11.6 Å². The molecule has 1 saturated heterocycles. The quantitative estimate of drug-likeness (QED) is 0.843. The highest BCUT2D eigenvalue weighted by atomic mass is 19.1. The number of rotatable bonds is 4. The van der Waals surface area contributed by atoms with Crippen molar-refractivity contribution < 1.29 is 13.9 Å². The van der Waals surface area contributed by atoms with Crippen molar-refractivity contribution in [3.05, 3.63) is 48.2 Å². The molecule has 1 aliphatic carbocycles. The lowest BCUT2D eigenvalue weighted by Gasteiger charge is -2.42. The molecule has 0 radical (unpaired) electrons. The van der Waals surface area contributed by atoms with E-state index < -0.39 is 0 Å². The summed E-state index contributed by atoms with van der Waals surface area (Å²) in [4.78, 5) is 25.2. The van der Waals surface area contributed by atoms with Gasteiger partial charge in [-0.3, -0.25) is 9.69 Å². The lowest BCUT2D eigenvalue weighted by Crippen LogP contribution is -2.53. The Morgan fingerprint density at radius 2 is 1.92 bits per heavy atom. The first-order valence-corrected chi connectivity index (χ1v) is 8.98. The van der Waals surface area contributed by atoms with E-state index in [0.717, 1.165) is 26.2 Å². The van der Waals surface area contributed by atoms with Gasteiger partial charge in [0.1, 0.15) is 17.3 Å². The average molecular weight is 356 g/mol. The normalized spacial score (nSPS) is 18.4. The minimum Gasteiger partial charge on any atom is -0.437 e. The summed E-state index contributed by atoms with van der Waals surface area (Å²) in [7, 11) is 0. The molecular formula is C19H21FN4O2. The van der Waals surface area contributed by atoms with Gasteiger partial charge in [-0.15, -0.1) is 0 Å². The van der Waals surface area contributed by atoms with Crippen LogP contribution in [0.25, 0.3) is 0 Å². The second kappa shape index (κ2) is 7.37. The zero-order valence-corrected chi connectivity index (χ0v) is 14.5. The van der Waals surface area contributed by atoms with E-state index in [1.165, 1.54) is 43.8 Å². The monoisotopic (exact) mass is 356 g/mol. The molecular weight excluding hydrogens is 335 g/mol. The van der Waals surface area contributed by atoms with Gasteiger partial charge in [0.15, 0.2) is 0 Å². The molecule has 2 aliphatic rings. The maximum atomic E-state index is 13.2. The Hall–Kier alpha value is -2.54. The fourth-order valence-electron chi connectivity index (χ4n) is 3.33. The fraction of sp³-hybridized carbons (Fsp3) is 0.421. The first-order chi connectivity index (χ1) is 12.7. The third kappa shape index (κ3) is 3.67. The number of ether oxygens (including phenoxy) is 1. The van der Waals surface area contributed by atoms with Crippen molar-refractivity contribution in [3.63, 3.8) is 0 Å². The molecule has 1 aliphatic heterocycles. The fourth-order valence-corrected chi connectivity index (χ4v) is 3.33. The van der Waals surface area contributed by atoms with Crippen molar-refractivity contribution >= 4 is 5.91 Å². The van der Waals surface area contributed by atoms with Gasteiger partial charge in [0, 0.05) is 38.3 Å². The largest absolute Gasteiger partial charge is 0.437 e. The first kappa shape index (κ1) is 16.9. The lowest BCUT2D eigenvalue weighted by atomic mass is 9.91. The molecule has 26 heavy (non-hydrogen) atoms. The second-order valence-electron chi connectivity index (χ2n) is 6.71. The Balaban J connectivity index is 1.35. The summed E-state index contributed by atoms with van der Waals surface area (Å²) in [6.45, 7) is 3.28. The van der Waals surface area contributed by atoms with E-state index in [1.54, 1.807) is 12.1 Å². The van der Waals surface area contributed by atoms with Gasteiger partial charge in [-0.1, -0.05) is 12.5 Å². The molecule has 1 aromatic carbocycles. The maximum Gasteiger partial charge on any atom is 0.274 e. The van der Waals surface area contributed by atoms with Crippen molar-refractivity contribution in [3.8, 4) is 11.6 Å². The molecule has 7 heteroatoms. The van der Waals surface area contributed by atoms with Crippen LogP contribution >= 0.6 is 0 Å². The standard InChI is InChI=1S/C19H21FN4O2/c20-14-3-1-6-16(11-14)26-18-13-21-17(12-22-18)19(25)24-9-7-23(8-10-24)15-4-2-5-15/h1,3,6,11-13,15H,2,4-5,7-10H2. The molecule has 6 nitrogen and oxygen atoms in total. The summed E-state index contributed by atoms with van der Waals surface area (Å²) in [5.41, 5.74) is 0.300. The molecule has 4 rings (SSSR count). The van der Waals surface area contributed by atoms with Gasteiger partial charge >= 0.3 is 0 Å². The lowest BCUT2D eigenvalue weighted by molar-refractivity contribution is 0.0451. The highest BCUT2D eigenvalue weighted by molar-refractivity contribution is 5.92. The minimum atomic E-state index is -0.386. The number of nitrogens with zero attached hydrogens (tertiary/aromatic N) is 4. The summed E-state index contributed by atoms with van der Waals surface area (Å²) in [5.74, 6) is 0.0683. The topological polar surface area (TPSA) is 58.6 Å². The van der Waals surface area contributed by atoms with Crippen LogP contribution in [-0.2, 0) is 0 Å². The number of carbonyl (C=O) groups excluding carboxylic acids is 1. The van der Waals surface area contributed by atoms with Crippen LogP contribution in [0.1, 0.15) is 29.8 Å². The van der Waals surface area contributed by atoms with Gasteiger partial charge in [-0.2, -0.15) is 0 Å². The molecule has 1 aromatic heterocycles. The van der Waals surface area contributed by atoms with Crippen molar-refractivity contribution in [2.75, 3.05) is 26.2 Å². The molecule has 0 unspecified atom stereocenters. The first-order valence-electron chi connectivity index (χ1n) is 8.98. The van der Waals surface area contributed by atoms with Crippen molar-refractivity contribution in [2.24, 2.45) is 0 Å². The molecule has 136 valence electrons. The molecule has 2 fully saturated rings. The van der Waals surface area contributed by atoms with Crippen LogP contribution in [0.3, 0.4) is 0 Å². The molecule has 2 aromatic rings. The number of benzene rings is 1. The van der Waals surface area contributed by atoms with Crippen molar-refractivity contribution in [2.45, 2.75) is 25.3 Å². The predicted octanol–water partition coefficient (Wildman–Crippen LogP) is 2.72. The number of amides is 1.